The standard InChI is InChI=1S/C21H21NO2/c1-2-14-10-12-22(13-11-14)21(24)18-9-5-8-17-19(18)15-6-3-4-7-16(15)20(17)23/h3-9,14H,2,10-13H2,1H3. The summed E-state index contributed by atoms with van der Waals surface area (Å²) < 4.78 is 0. The van der Waals surface area contributed by atoms with E-state index in [-0.39, 0.29) is 11.7 Å². The molecule has 0 unspecified atom stereocenters. The quantitative estimate of drug-likeness (QED) is 0.711. The van der Waals surface area contributed by atoms with Gasteiger partial charge in [-0.25, -0.2) is 0 Å². The van der Waals surface area contributed by atoms with E-state index in [0.29, 0.717) is 16.7 Å². The molecule has 1 aliphatic heterocycles. The predicted molar refractivity (Wildman–Crippen MR) is 94.2 cm³/mol. The van der Waals surface area contributed by atoms with Gasteiger partial charge in [-0.05, 0) is 30.4 Å². The molecule has 1 saturated heterocycles. The summed E-state index contributed by atoms with van der Waals surface area (Å²) in [5.41, 5.74) is 3.74. The summed E-state index contributed by atoms with van der Waals surface area (Å²) in [6.45, 7) is 3.85. The summed E-state index contributed by atoms with van der Waals surface area (Å²) in [6.07, 6.45) is 3.34. The second kappa shape index (κ2) is 5.90. The van der Waals surface area contributed by atoms with E-state index in [4.69, 9.17) is 0 Å². The van der Waals surface area contributed by atoms with Crippen molar-refractivity contribution in [2.45, 2.75) is 26.2 Å². The molecule has 0 saturated carbocycles. The maximum Gasteiger partial charge on any atom is 0.254 e. The van der Waals surface area contributed by atoms with Crippen molar-refractivity contribution in [1.82, 2.24) is 4.90 Å². The summed E-state index contributed by atoms with van der Waals surface area (Å²) in [4.78, 5) is 27.6. The normalized spacial score (nSPS) is 16.9. The Balaban J connectivity index is 1.72. The van der Waals surface area contributed by atoms with E-state index in [1.165, 1.54) is 6.42 Å². The summed E-state index contributed by atoms with van der Waals surface area (Å²) in [6, 6.07) is 13.1. The Bertz CT molecular complexity index is 816. The van der Waals surface area contributed by atoms with Crippen molar-refractivity contribution >= 4 is 11.7 Å². The molecule has 1 aliphatic carbocycles. The summed E-state index contributed by atoms with van der Waals surface area (Å²) in [5.74, 6) is 0.823. The molecule has 0 spiro atoms. The van der Waals surface area contributed by atoms with Crippen molar-refractivity contribution in [1.29, 1.82) is 0 Å². The van der Waals surface area contributed by atoms with E-state index in [0.717, 1.165) is 43.0 Å². The highest BCUT2D eigenvalue weighted by Gasteiger charge is 2.32. The number of hydrogen-bond acceptors (Lipinski definition) is 2. The van der Waals surface area contributed by atoms with Gasteiger partial charge in [-0.15, -0.1) is 0 Å². The highest BCUT2D eigenvalue weighted by Crippen LogP contribution is 2.39. The van der Waals surface area contributed by atoms with Gasteiger partial charge in [0.25, 0.3) is 5.91 Å². The molecule has 1 heterocycles. The molecule has 3 nitrogen and oxygen atoms in total. The number of hydrogen-bond donors (Lipinski definition) is 0. The number of rotatable bonds is 2. The zero-order chi connectivity index (χ0) is 16.7. The summed E-state index contributed by atoms with van der Waals surface area (Å²) >= 11 is 0. The number of benzene rings is 2. The minimum Gasteiger partial charge on any atom is -0.339 e. The van der Waals surface area contributed by atoms with Crippen molar-refractivity contribution in [3.63, 3.8) is 0 Å². The van der Waals surface area contributed by atoms with Gasteiger partial charge in [0.1, 0.15) is 0 Å². The zero-order valence-corrected chi connectivity index (χ0v) is 13.9. The highest BCUT2D eigenvalue weighted by molar-refractivity contribution is 6.24. The second-order valence-electron chi connectivity index (χ2n) is 6.75. The maximum absolute atomic E-state index is 13.1. The molecular weight excluding hydrogens is 298 g/mol. The Labute approximate surface area is 142 Å². The summed E-state index contributed by atoms with van der Waals surface area (Å²) in [7, 11) is 0. The van der Waals surface area contributed by atoms with E-state index >= 15 is 0 Å². The minimum absolute atomic E-state index is 0.0277. The van der Waals surface area contributed by atoms with Gasteiger partial charge in [-0.3, -0.25) is 9.59 Å². The molecule has 2 aliphatic rings. The van der Waals surface area contributed by atoms with E-state index in [2.05, 4.69) is 6.92 Å². The van der Waals surface area contributed by atoms with Crippen LogP contribution in [-0.2, 0) is 0 Å². The van der Waals surface area contributed by atoms with E-state index < -0.39 is 0 Å². The molecule has 0 aromatic heterocycles. The molecule has 0 atom stereocenters. The Morgan fingerprint density at radius 2 is 1.67 bits per heavy atom. The third-order valence-electron chi connectivity index (χ3n) is 5.46. The lowest BCUT2D eigenvalue weighted by Gasteiger charge is -2.32. The Kier molecular flexibility index (Phi) is 3.72. The van der Waals surface area contributed by atoms with Crippen LogP contribution >= 0.6 is 0 Å². The van der Waals surface area contributed by atoms with Crippen LogP contribution in [-0.4, -0.2) is 29.7 Å². The van der Waals surface area contributed by atoms with Gasteiger partial charge in [0.2, 0.25) is 0 Å². The Morgan fingerprint density at radius 1 is 1.00 bits per heavy atom. The fraction of sp³-hybridized carbons (Fsp3) is 0.333. The number of likely N-dealkylation sites (tertiary alicyclic amines) is 1. The van der Waals surface area contributed by atoms with E-state index in [1.54, 1.807) is 0 Å². The SMILES string of the molecule is CCC1CCN(C(=O)c2cccc3c2-c2ccccc2C3=O)CC1. The van der Waals surface area contributed by atoms with Gasteiger partial charge in [0, 0.05) is 35.3 Å². The van der Waals surface area contributed by atoms with E-state index in [1.807, 2.05) is 47.4 Å². The van der Waals surface area contributed by atoms with Crippen molar-refractivity contribution in [3.05, 3.63) is 59.2 Å². The smallest absolute Gasteiger partial charge is 0.254 e. The van der Waals surface area contributed by atoms with Gasteiger partial charge in [0.05, 0.1) is 0 Å². The first-order chi connectivity index (χ1) is 11.7. The van der Waals surface area contributed by atoms with Crippen molar-refractivity contribution in [2.75, 3.05) is 13.1 Å². The monoisotopic (exact) mass is 319 g/mol. The van der Waals surface area contributed by atoms with Crippen molar-refractivity contribution in [3.8, 4) is 11.1 Å². The number of carbonyl (C=O) groups is 2. The number of piperidine rings is 1. The van der Waals surface area contributed by atoms with Crippen LogP contribution < -0.4 is 0 Å². The molecular formula is C21H21NO2. The van der Waals surface area contributed by atoms with Crippen molar-refractivity contribution < 1.29 is 9.59 Å². The average Bonchev–Trinajstić information content (AvgIpc) is 2.94. The van der Waals surface area contributed by atoms with Crippen LogP contribution in [0.25, 0.3) is 11.1 Å². The summed E-state index contributed by atoms with van der Waals surface area (Å²) in [5, 5.41) is 0. The van der Waals surface area contributed by atoms with Gasteiger partial charge in [-0.2, -0.15) is 0 Å². The van der Waals surface area contributed by atoms with Gasteiger partial charge >= 0.3 is 0 Å². The van der Waals surface area contributed by atoms with Crippen LogP contribution in [0.3, 0.4) is 0 Å². The van der Waals surface area contributed by atoms with Crippen LogP contribution in [0.2, 0.25) is 0 Å². The lowest BCUT2D eigenvalue weighted by Crippen LogP contribution is -2.38. The maximum atomic E-state index is 13.1. The third kappa shape index (κ3) is 2.27. The van der Waals surface area contributed by atoms with Crippen LogP contribution in [0.4, 0.5) is 0 Å². The minimum atomic E-state index is 0.0277. The third-order valence-corrected chi connectivity index (χ3v) is 5.46. The molecule has 2 aromatic carbocycles. The molecule has 0 N–H and O–H groups in total. The van der Waals surface area contributed by atoms with Gasteiger partial charge < -0.3 is 4.90 Å². The number of ketones is 1. The van der Waals surface area contributed by atoms with Crippen LogP contribution in [0, 0.1) is 5.92 Å². The fourth-order valence-corrected chi connectivity index (χ4v) is 3.97. The van der Waals surface area contributed by atoms with Crippen LogP contribution in [0.1, 0.15) is 52.5 Å². The number of amides is 1. The lowest BCUT2D eigenvalue weighted by molar-refractivity contribution is 0.0689. The van der Waals surface area contributed by atoms with E-state index in [9.17, 15) is 9.59 Å². The van der Waals surface area contributed by atoms with Gasteiger partial charge in [0.15, 0.2) is 5.78 Å². The number of carbonyl (C=O) groups excluding carboxylic acids is 2. The topological polar surface area (TPSA) is 37.4 Å². The number of fused-ring (bicyclic) bond motifs is 3. The van der Waals surface area contributed by atoms with Crippen molar-refractivity contribution in [2.24, 2.45) is 5.92 Å². The largest absolute Gasteiger partial charge is 0.339 e. The molecule has 1 fully saturated rings. The van der Waals surface area contributed by atoms with Crippen LogP contribution in [0.5, 0.6) is 0 Å². The first-order valence-corrected chi connectivity index (χ1v) is 8.77. The molecule has 1 amide bonds. The highest BCUT2D eigenvalue weighted by atomic mass is 16.2. The lowest BCUT2D eigenvalue weighted by atomic mass is 9.93. The fourth-order valence-electron chi connectivity index (χ4n) is 3.97. The Hall–Kier alpha value is -2.42. The molecule has 24 heavy (non-hydrogen) atoms. The average molecular weight is 319 g/mol. The molecule has 0 bridgehead atoms. The molecule has 122 valence electrons. The zero-order valence-electron chi connectivity index (χ0n) is 13.9. The molecule has 2 aromatic rings. The molecule has 0 radical (unpaired) electrons. The molecule has 3 heteroatoms. The second-order valence-corrected chi connectivity index (χ2v) is 6.75. The number of nitrogens with zero attached hydrogens (tertiary/aromatic N) is 1. The predicted octanol–water partition coefficient (Wildman–Crippen LogP) is 4.16. The Morgan fingerprint density at radius 3 is 2.38 bits per heavy atom. The van der Waals surface area contributed by atoms with Crippen LogP contribution in [0.15, 0.2) is 42.5 Å². The first-order valence-electron chi connectivity index (χ1n) is 8.77. The first kappa shape index (κ1) is 15.1. The molecule has 4 rings (SSSR count). The van der Waals surface area contributed by atoms with Gasteiger partial charge in [-0.1, -0.05) is 49.7 Å².